The van der Waals surface area contributed by atoms with Crippen molar-refractivity contribution in [1.29, 1.82) is 0 Å². The quantitative estimate of drug-likeness (QED) is 0.591. The molecular formula is C14H18O4. The first-order valence-electron chi connectivity index (χ1n) is 5.76. The van der Waals surface area contributed by atoms with E-state index in [1.807, 2.05) is 30.3 Å². The minimum absolute atomic E-state index is 0.237. The van der Waals surface area contributed by atoms with Gasteiger partial charge in [-0.2, -0.15) is 0 Å². The SMILES string of the molecule is COC(=O)/C=C/CC(O)COCc1ccccc1. The number of aliphatic hydroxyl groups is 1. The van der Waals surface area contributed by atoms with Gasteiger partial charge in [-0.1, -0.05) is 36.4 Å². The normalized spacial score (nSPS) is 12.6. The third-order valence-electron chi connectivity index (χ3n) is 2.29. The number of carbonyl (C=O) groups is 1. The second-order valence-corrected chi connectivity index (χ2v) is 3.82. The van der Waals surface area contributed by atoms with E-state index in [9.17, 15) is 9.90 Å². The van der Waals surface area contributed by atoms with Crippen molar-refractivity contribution < 1.29 is 19.4 Å². The van der Waals surface area contributed by atoms with Crippen molar-refractivity contribution in [3.63, 3.8) is 0 Å². The predicted molar refractivity (Wildman–Crippen MR) is 67.9 cm³/mol. The molecule has 1 N–H and O–H groups in total. The van der Waals surface area contributed by atoms with Gasteiger partial charge < -0.3 is 14.6 Å². The Kier molecular flexibility index (Phi) is 6.76. The Morgan fingerprint density at radius 2 is 2.11 bits per heavy atom. The highest BCUT2D eigenvalue weighted by molar-refractivity contribution is 5.81. The summed E-state index contributed by atoms with van der Waals surface area (Å²) in [6.07, 6.45) is 2.61. The molecule has 0 aliphatic carbocycles. The van der Waals surface area contributed by atoms with E-state index < -0.39 is 12.1 Å². The summed E-state index contributed by atoms with van der Waals surface area (Å²) in [4.78, 5) is 10.8. The summed E-state index contributed by atoms with van der Waals surface area (Å²) in [5.74, 6) is -0.424. The van der Waals surface area contributed by atoms with Crippen LogP contribution >= 0.6 is 0 Å². The van der Waals surface area contributed by atoms with Crippen LogP contribution in [0, 0.1) is 0 Å². The Balaban J connectivity index is 2.16. The molecule has 1 unspecified atom stereocenters. The maximum atomic E-state index is 10.8. The Morgan fingerprint density at radius 3 is 2.78 bits per heavy atom. The van der Waals surface area contributed by atoms with Crippen molar-refractivity contribution >= 4 is 5.97 Å². The Labute approximate surface area is 107 Å². The van der Waals surface area contributed by atoms with Gasteiger partial charge in [0.15, 0.2) is 0 Å². The Bertz CT molecular complexity index is 373. The second kappa shape index (κ2) is 8.44. The standard InChI is InChI=1S/C14H18O4/c1-17-14(16)9-5-8-13(15)11-18-10-12-6-3-2-4-7-12/h2-7,9,13,15H,8,10-11H2,1H3/b9-5+. The lowest BCUT2D eigenvalue weighted by molar-refractivity contribution is -0.134. The van der Waals surface area contributed by atoms with E-state index in [0.29, 0.717) is 13.0 Å². The molecule has 0 saturated heterocycles. The number of hydrogen-bond donors (Lipinski definition) is 1. The van der Waals surface area contributed by atoms with Crippen molar-refractivity contribution in [2.75, 3.05) is 13.7 Å². The third kappa shape index (κ3) is 6.18. The van der Waals surface area contributed by atoms with E-state index >= 15 is 0 Å². The van der Waals surface area contributed by atoms with Gasteiger partial charge >= 0.3 is 5.97 Å². The summed E-state index contributed by atoms with van der Waals surface area (Å²) in [7, 11) is 1.31. The smallest absolute Gasteiger partial charge is 0.330 e. The van der Waals surface area contributed by atoms with Crippen LogP contribution in [0.15, 0.2) is 42.5 Å². The minimum atomic E-state index is -0.616. The first kappa shape index (κ1) is 14.4. The molecule has 0 aliphatic rings. The molecule has 0 saturated carbocycles. The molecule has 18 heavy (non-hydrogen) atoms. The molecule has 4 nitrogen and oxygen atoms in total. The first-order valence-corrected chi connectivity index (χ1v) is 5.76. The molecule has 0 radical (unpaired) electrons. The van der Waals surface area contributed by atoms with Gasteiger partial charge in [-0.05, 0) is 12.0 Å². The monoisotopic (exact) mass is 250 g/mol. The molecule has 0 aliphatic heterocycles. The van der Waals surface area contributed by atoms with Crippen molar-refractivity contribution in [2.24, 2.45) is 0 Å². The highest BCUT2D eigenvalue weighted by Gasteiger charge is 2.02. The number of esters is 1. The highest BCUT2D eigenvalue weighted by atomic mass is 16.5. The van der Waals surface area contributed by atoms with E-state index in [-0.39, 0.29) is 6.61 Å². The van der Waals surface area contributed by atoms with Crippen LogP contribution in [0.3, 0.4) is 0 Å². The molecule has 1 aromatic rings. The molecular weight excluding hydrogens is 232 g/mol. The average Bonchev–Trinajstić information content (AvgIpc) is 2.39. The molecule has 0 bridgehead atoms. The van der Waals surface area contributed by atoms with Crippen LogP contribution in [0.4, 0.5) is 0 Å². The molecule has 1 aromatic carbocycles. The van der Waals surface area contributed by atoms with Gasteiger partial charge in [0.2, 0.25) is 0 Å². The van der Waals surface area contributed by atoms with Crippen molar-refractivity contribution in [3.05, 3.63) is 48.0 Å². The van der Waals surface area contributed by atoms with Crippen molar-refractivity contribution in [3.8, 4) is 0 Å². The maximum absolute atomic E-state index is 10.8. The zero-order chi connectivity index (χ0) is 13.2. The van der Waals surface area contributed by atoms with Crippen molar-refractivity contribution in [2.45, 2.75) is 19.1 Å². The molecule has 0 spiro atoms. The zero-order valence-electron chi connectivity index (χ0n) is 10.4. The molecule has 98 valence electrons. The molecule has 1 atom stereocenters. The van der Waals surface area contributed by atoms with Crippen LogP contribution in [-0.4, -0.2) is 30.9 Å². The first-order chi connectivity index (χ1) is 8.72. The topological polar surface area (TPSA) is 55.8 Å². The number of rotatable bonds is 7. The summed E-state index contributed by atoms with van der Waals surface area (Å²) in [6, 6.07) is 9.74. The fourth-order valence-corrected chi connectivity index (χ4v) is 1.34. The maximum Gasteiger partial charge on any atom is 0.330 e. The summed E-state index contributed by atoms with van der Waals surface area (Å²) in [5.41, 5.74) is 1.06. The van der Waals surface area contributed by atoms with Gasteiger partial charge in [0.1, 0.15) is 0 Å². The van der Waals surface area contributed by atoms with Gasteiger partial charge in [-0.25, -0.2) is 4.79 Å². The number of hydrogen-bond acceptors (Lipinski definition) is 4. The van der Waals surface area contributed by atoms with Crippen LogP contribution < -0.4 is 0 Å². The lowest BCUT2D eigenvalue weighted by Crippen LogP contribution is -2.14. The van der Waals surface area contributed by atoms with Crippen molar-refractivity contribution in [1.82, 2.24) is 0 Å². The van der Waals surface area contributed by atoms with Crippen LogP contribution in [-0.2, 0) is 20.9 Å². The second-order valence-electron chi connectivity index (χ2n) is 3.82. The molecule has 4 heteroatoms. The summed E-state index contributed by atoms with van der Waals surface area (Å²) < 4.78 is 9.80. The van der Waals surface area contributed by atoms with Crippen LogP contribution in [0.5, 0.6) is 0 Å². The summed E-state index contributed by atoms with van der Waals surface area (Å²) >= 11 is 0. The van der Waals surface area contributed by atoms with Gasteiger partial charge in [0, 0.05) is 6.08 Å². The lowest BCUT2D eigenvalue weighted by Gasteiger charge is -2.09. The van der Waals surface area contributed by atoms with E-state index in [1.54, 1.807) is 6.08 Å². The molecule has 0 fully saturated rings. The number of benzene rings is 1. The van der Waals surface area contributed by atoms with E-state index in [0.717, 1.165) is 5.56 Å². The highest BCUT2D eigenvalue weighted by Crippen LogP contribution is 2.02. The van der Waals surface area contributed by atoms with E-state index in [1.165, 1.54) is 13.2 Å². The van der Waals surface area contributed by atoms with Crippen LogP contribution in [0.25, 0.3) is 0 Å². The minimum Gasteiger partial charge on any atom is -0.466 e. The Morgan fingerprint density at radius 1 is 1.39 bits per heavy atom. The lowest BCUT2D eigenvalue weighted by atomic mass is 10.2. The van der Waals surface area contributed by atoms with Gasteiger partial charge in [0.25, 0.3) is 0 Å². The third-order valence-corrected chi connectivity index (χ3v) is 2.29. The molecule has 0 aromatic heterocycles. The summed E-state index contributed by atoms with van der Waals surface area (Å²) in [6.45, 7) is 0.707. The van der Waals surface area contributed by atoms with Gasteiger partial charge in [-0.15, -0.1) is 0 Å². The van der Waals surface area contributed by atoms with E-state index in [2.05, 4.69) is 4.74 Å². The molecule has 1 rings (SSSR count). The number of aliphatic hydroxyl groups excluding tert-OH is 1. The average molecular weight is 250 g/mol. The predicted octanol–water partition coefficient (Wildman–Crippen LogP) is 1.68. The fourth-order valence-electron chi connectivity index (χ4n) is 1.34. The molecule has 0 amide bonds. The largest absolute Gasteiger partial charge is 0.466 e. The summed E-state index contributed by atoms with van der Waals surface area (Å²) in [5, 5.41) is 9.58. The van der Waals surface area contributed by atoms with Gasteiger partial charge in [-0.3, -0.25) is 0 Å². The number of methoxy groups -OCH3 is 1. The number of ether oxygens (including phenoxy) is 2. The zero-order valence-corrected chi connectivity index (χ0v) is 10.4. The Hall–Kier alpha value is -1.65. The molecule has 0 heterocycles. The van der Waals surface area contributed by atoms with Gasteiger partial charge in [0.05, 0.1) is 26.4 Å². The van der Waals surface area contributed by atoms with E-state index in [4.69, 9.17) is 4.74 Å². The van der Waals surface area contributed by atoms with Crippen LogP contribution in [0.1, 0.15) is 12.0 Å². The number of carbonyl (C=O) groups excluding carboxylic acids is 1. The van der Waals surface area contributed by atoms with Crippen LogP contribution in [0.2, 0.25) is 0 Å². The fraction of sp³-hybridized carbons (Fsp3) is 0.357.